The summed E-state index contributed by atoms with van der Waals surface area (Å²) in [7, 11) is 0. The fourth-order valence-electron chi connectivity index (χ4n) is 2.02. The number of carbonyl (C=O) groups excluding carboxylic acids is 1. The van der Waals surface area contributed by atoms with Crippen LogP contribution in [-0.4, -0.2) is 21.6 Å². The van der Waals surface area contributed by atoms with Gasteiger partial charge in [-0.3, -0.25) is 4.79 Å². The molecule has 0 radical (unpaired) electrons. The van der Waals surface area contributed by atoms with Crippen molar-refractivity contribution in [3.8, 4) is 0 Å². The molecule has 2 N–H and O–H groups in total. The fourth-order valence-corrected chi connectivity index (χ4v) is 2.70. The largest absolute Gasteiger partial charge is 0.333 e. The van der Waals surface area contributed by atoms with Crippen molar-refractivity contribution in [2.45, 2.75) is 12.1 Å². The van der Waals surface area contributed by atoms with Crippen LogP contribution in [0.15, 0.2) is 41.6 Å². The highest BCUT2D eigenvalue weighted by atomic mass is 32.2. The number of nitrogens with zero attached hydrogens (tertiary/aromatic N) is 1. The number of nitrogens with one attached hydrogen (secondary N) is 2. The molecule has 0 saturated carbocycles. The Morgan fingerprint density at radius 2 is 1.91 bits per heavy atom. The van der Waals surface area contributed by atoms with Gasteiger partial charge in [0.2, 0.25) is 5.91 Å². The smallest absolute Gasteiger partial charge is 0.234 e. The van der Waals surface area contributed by atoms with Crippen LogP contribution in [0.2, 0.25) is 0 Å². The monoisotopic (exact) mass is 333 g/mol. The zero-order valence-electron chi connectivity index (χ0n) is 12.2. The van der Waals surface area contributed by atoms with E-state index in [1.165, 1.54) is 0 Å². The lowest BCUT2D eigenvalue weighted by Crippen LogP contribution is -2.14. The van der Waals surface area contributed by atoms with Crippen molar-refractivity contribution in [1.29, 1.82) is 0 Å². The Balaban J connectivity index is 1.63. The summed E-state index contributed by atoms with van der Waals surface area (Å²) in [4.78, 5) is 18.9. The molecule has 1 aromatic heterocycles. The normalized spacial score (nSPS) is 10.9. The second kappa shape index (κ2) is 6.37. The van der Waals surface area contributed by atoms with E-state index in [0.29, 0.717) is 16.2 Å². The number of fused-ring (bicyclic) bond motifs is 1. The fraction of sp³-hybridized carbons (Fsp3) is 0.125. The standard InChI is InChI=1S/C16H13F2N3OS/c1-9-2-4-10(5-3-9)19-15(22)8-23-16-20-13-6-11(17)12(18)7-14(13)21-16/h2-7H,8H2,1H3,(H,19,22)(H,20,21). The molecule has 0 bridgehead atoms. The number of aromatic nitrogens is 2. The van der Waals surface area contributed by atoms with Crippen LogP contribution in [-0.2, 0) is 4.79 Å². The van der Waals surface area contributed by atoms with Crippen molar-refractivity contribution in [3.05, 3.63) is 53.6 Å². The maximum absolute atomic E-state index is 13.1. The van der Waals surface area contributed by atoms with Crippen LogP contribution in [0.5, 0.6) is 0 Å². The minimum Gasteiger partial charge on any atom is -0.333 e. The van der Waals surface area contributed by atoms with Crippen LogP contribution in [0.3, 0.4) is 0 Å². The van der Waals surface area contributed by atoms with Crippen LogP contribution < -0.4 is 5.32 Å². The molecule has 0 aliphatic carbocycles. The number of halogens is 2. The van der Waals surface area contributed by atoms with Gasteiger partial charge in [-0.1, -0.05) is 29.5 Å². The van der Waals surface area contributed by atoms with E-state index < -0.39 is 11.6 Å². The van der Waals surface area contributed by atoms with E-state index in [0.717, 1.165) is 35.1 Å². The molecule has 2 aromatic carbocycles. The summed E-state index contributed by atoms with van der Waals surface area (Å²) in [6, 6.07) is 9.54. The number of benzene rings is 2. The summed E-state index contributed by atoms with van der Waals surface area (Å²) in [5.74, 6) is -1.93. The maximum Gasteiger partial charge on any atom is 0.234 e. The molecule has 0 aliphatic rings. The highest BCUT2D eigenvalue weighted by molar-refractivity contribution is 7.99. The Morgan fingerprint density at radius 1 is 1.22 bits per heavy atom. The van der Waals surface area contributed by atoms with E-state index in [-0.39, 0.29) is 11.7 Å². The first-order valence-corrected chi connectivity index (χ1v) is 7.84. The minimum atomic E-state index is -0.947. The third kappa shape index (κ3) is 3.68. The summed E-state index contributed by atoms with van der Waals surface area (Å²) in [5.41, 5.74) is 2.55. The highest BCUT2D eigenvalue weighted by Gasteiger charge is 2.10. The van der Waals surface area contributed by atoms with E-state index >= 15 is 0 Å². The number of anilines is 1. The molecule has 0 spiro atoms. The quantitative estimate of drug-likeness (QED) is 0.712. The third-order valence-electron chi connectivity index (χ3n) is 3.18. The molecule has 4 nitrogen and oxygen atoms in total. The van der Waals surface area contributed by atoms with Gasteiger partial charge in [0.1, 0.15) is 0 Å². The number of rotatable bonds is 4. The molecule has 0 unspecified atom stereocenters. The van der Waals surface area contributed by atoms with Gasteiger partial charge in [0, 0.05) is 17.8 Å². The molecular formula is C16H13F2N3OS. The van der Waals surface area contributed by atoms with Gasteiger partial charge in [0.25, 0.3) is 0 Å². The van der Waals surface area contributed by atoms with E-state index in [2.05, 4.69) is 15.3 Å². The lowest BCUT2D eigenvalue weighted by molar-refractivity contribution is -0.113. The number of H-pyrrole nitrogens is 1. The van der Waals surface area contributed by atoms with Crippen LogP contribution in [0.4, 0.5) is 14.5 Å². The molecule has 0 aliphatic heterocycles. The van der Waals surface area contributed by atoms with Gasteiger partial charge in [-0.15, -0.1) is 0 Å². The zero-order chi connectivity index (χ0) is 16.4. The predicted molar refractivity (Wildman–Crippen MR) is 86.5 cm³/mol. The number of aryl methyl sites for hydroxylation is 1. The van der Waals surface area contributed by atoms with Gasteiger partial charge in [0.05, 0.1) is 16.8 Å². The summed E-state index contributed by atoms with van der Waals surface area (Å²) < 4.78 is 26.3. The number of amides is 1. The molecule has 23 heavy (non-hydrogen) atoms. The van der Waals surface area contributed by atoms with Gasteiger partial charge in [-0.05, 0) is 19.1 Å². The van der Waals surface area contributed by atoms with E-state index in [4.69, 9.17) is 0 Å². The van der Waals surface area contributed by atoms with Crippen molar-refractivity contribution in [2.75, 3.05) is 11.1 Å². The molecule has 1 heterocycles. The molecule has 0 atom stereocenters. The molecule has 3 aromatic rings. The number of aromatic amines is 1. The molecule has 1 amide bonds. The van der Waals surface area contributed by atoms with Crippen molar-refractivity contribution in [2.24, 2.45) is 0 Å². The van der Waals surface area contributed by atoms with Crippen LogP contribution >= 0.6 is 11.8 Å². The zero-order valence-corrected chi connectivity index (χ0v) is 13.0. The van der Waals surface area contributed by atoms with Crippen molar-refractivity contribution < 1.29 is 13.6 Å². The van der Waals surface area contributed by atoms with Gasteiger partial charge < -0.3 is 10.3 Å². The van der Waals surface area contributed by atoms with Crippen molar-refractivity contribution in [1.82, 2.24) is 9.97 Å². The van der Waals surface area contributed by atoms with E-state index in [1.807, 2.05) is 31.2 Å². The summed E-state index contributed by atoms with van der Waals surface area (Å²) in [5, 5.41) is 3.20. The van der Waals surface area contributed by atoms with Gasteiger partial charge >= 0.3 is 0 Å². The Hall–Kier alpha value is -2.41. The SMILES string of the molecule is Cc1ccc(NC(=O)CSc2nc3cc(F)c(F)cc3[nH]2)cc1. The average Bonchev–Trinajstić information content (AvgIpc) is 2.90. The molecular weight excluding hydrogens is 320 g/mol. The minimum absolute atomic E-state index is 0.138. The van der Waals surface area contributed by atoms with Gasteiger partial charge in [-0.2, -0.15) is 0 Å². The first-order chi connectivity index (χ1) is 11.0. The Morgan fingerprint density at radius 3 is 2.65 bits per heavy atom. The highest BCUT2D eigenvalue weighted by Crippen LogP contribution is 2.22. The maximum atomic E-state index is 13.1. The number of thioether (sulfide) groups is 1. The van der Waals surface area contributed by atoms with Gasteiger partial charge in [0.15, 0.2) is 16.8 Å². The lowest BCUT2D eigenvalue weighted by Gasteiger charge is -2.04. The Kier molecular flexibility index (Phi) is 4.29. The van der Waals surface area contributed by atoms with Gasteiger partial charge in [-0.25, -0.2) is 13.8 Å². The number of hydrogen-bond donors (Lipinski definition) is 2. The Bertz CT molecular complexity index is 823. The number of hydrogen-bond acceptors (Lipinski definition) is 3. The van der Waals surface area contributed by atoms with Crippen molar-refractivity contribution in [3.63, 3.8) is 0 Å². The molecule has 7 heteroatoms. The molecule has 118 valence electrons. The first kappa shape index (κ1) is 15.5. The lowest BCUT2D eigenvalue weighted by atomic mass is 10.2. The second-order valence-corrected chi connectivity index (χ2v) is 5.99. The second-order valence-electron chi connectivity index (χ2n) is 5.03. The summed E-state index contributed by atoms with van der Waals surface area (Å²) in [6.07, 6.45) is 0. The number of carbonyl (C=O) groups is 1. The number of imidazole rings is 1. The van der Waals surface area contributed by atoms with Crippen molar-refractivity contribution >= 4 is 34.4 Å². The topological polar surface area (TPSA) is 57.8 Å². The van der Waals surface area contributed by atoms with Crippen LogP contribution in [0.25, 0.3) is 11.0 Å². The summed E-state index contributed by atoms with van der Waals surface area (Å²) in [6.45, 7) is 1.97. The van der Waals surface area contributed by atoms with E-state index in [9.17, 15) is 13.6 Å². The average molecular weight is 333 g/mol. The molecule has 3 rings (SSSR count). The predicted octanol–water partition coefficient (Wildman–Crippen LogP) is 3.88. The van der Waals surface area contributed by atoms with Crippen LogP contribution in [0, 0.1) is 18.6 Å². The summed E-state index contributed by atoms with van der Waals surface area (Å²) >= 11 is 1.16. The third-order valence-corrected chi connectivity index (χ3v) is 4.05. The Labute approximate surface area is 135 Å². The van der Waals surface area contributed by atoms with E-state index in [1.54, 1.807) is 0 Å². The first-order valence-electron chi connectivity index (χ1n) is 6.85. The molecule has 0 fully saturated rings. The van der Waals surface area contributed by atoms with Crippen LogP contribution in [0.1, 0.15) is 5.56 Å². The molecule has 0 saturated heterocycles.